The van der Waals surface area contributed by atoms with E-state index in [2.05, 4.69) is 18.7 Å². The van der Waals surface area contributed by atoms with Crippen LogP contribution in [0.4, 0.5) is 0 Å². The minimum absolute atomic E-state index is 0.0101. The van der Waals surface area contributed by atoms with Crippen LogP contribution < -0.4 is 4.74 Å². The van der Waals surface area contributed by atoms with Gasteiger partial charge in [0.05, 0.1) is 10.4 Å². The number of carbonyl (C=O) groups is 1. The molecule has 0 spiro atoms. The number of thiophene rings is 1. The first-order valence-electron chi connectivity index (χ1n) is 8.17. The van der Waals surface area contributed by atoms with Gasteiger partial charge in [-0.15, -0.1) is 11.3 Å². The number of furan rings is 1. The lowest BCUT2D eigenvalue weighted by atomic mass is 10.1. The molecule has 2 aromatic heterocycles. The fourth-order valence-electron chi connectivity index (χ4n) is 2.65. The fraction of sp³-hybridized carbons (Fsp3) is 0.316. The van der Waals surface area contributed by atoms with Gasteiger partial charge in [-0.1, -0.05) is 19.9 Å². The van der Waals surface area contributed by atoms with Gasteiger partial charge in [-0.3, -0.25) is 4.79 Å². The van der Waals surface area contributed by atoms with Crippen molar-refractivity contribution in [1.82, 2.24) is 4.90 Å². The lowest BCUT2D eigenvalue weighted by molar-refractivity contribution is 0.104. The summed E-state index contributed by atoms with van der Waals surface area (Å²) in [6.07, 6.45) is 1.53. The number of carbonyl (C=O) groups excluding carboxylic acids is 1. The number of hydrogen-bond acceptors (Lipinski definition) is 5. The molecule has 0 fully saturated rings. The number of fused-ring (bicyclic) bond motifs is 1. The number of nitrogens with zero attached hydrogens (tertiary/aromatic N) is 1. The Bertz CT molecular complexity index is 803. The van der Waals surface area contributed by atoms with Crippen molar-refractivity contribution in [3.63, 3.8) is 0 Å². The fourth-order valence-corrected chi connectivity index (χ4v) is 3.32. The molecular weight excluding hydrogens is 322 g/mol. The molecule has 0 aliphatic rings. The largest absolute Gasteiger partial charge is 0.492 e. The van der Waals surface area contributed by atoms with E-state index in [0.717, 1.165) is 30.8 Å². The summed E-state index contributed by atoms with van der Waals surface area (Å²) in [4.78, 5) is 15.6. The smallest absolute Gasteiger partial charge is 0.206 e. The Hall–Kier alpha value is -2.11. The molecule has 0 radical (unpaired) electrons. The van der Waals surface area contributed by atoms with Crippen LogP contribution in [0.5, 0.6) is 5.75 Å². The van der Waals surface area contributed by atoms with Crippen LogP contribution in [0.1, 0.15) is 29.1 Å². The number of rotatable bonds is 8. The average molecular weight is 343 g/mol. The predicted octanol–water partition coefficient (Wildman–Crippen LogP) is 4.45. The van der Waals surface area contributed by atoms with E-state index in [-0.39, 0.29) is 5.78 Å². The van der Waals surface area contributed by atoms with Crippen molar-refractivity contribution in [3.8, 4) is 5.75 Å². The van der Waals surface area contributed by atoms with E-state index in [1.165, 1.54) is 17.6 Å². The summed E-state index contributed by atoms with van der Waals surface area (Å²) in [5, 5.41) is 2.70. The summed E-state index contributed by atoms with van der Waals surface area (Å²) < 4.78 is 11.4. The second-order valence-corrected chi connectivity index (χ2v) is 6.44. The van der Waals surface area contributed by atoms with E-state index >= 15 is 0 Å². The van der Waals surface area contributed by atoms with Crippen molar-refractivity contribution in [3.05, 3.63) is 52.4 Å². The Morgan fingerprint density at radius 3 is 2.79 bits per heavy atom. The molecule has 0 atom stereocenters. The molecule has 126 valence electrons. The molecule has 24 heavy (non-hydrogen) atoms. The first-order chi connectivity index (χ1) is 11.7. The maximum Gasteiger partial charge on any atom is 0.206 e. The van der Waals surface area contributed by atoms with Crippen LogP contribution in [-0.2, 0) is 0 Å². The van der Waals surface area contributed by atoms with Gasteiger partial charge in [0.25, 0.3) is 0 Å². The maximum absolute atomic E-state index is 12.6. The highest BCUT2D eigenvalue weighted by Crippen LogP contribution is 2.28. The molecular formula is C19H21NO3S. The van der Waals surface area contributed by atoms with Crippen LogP contribution in [0.3, 0.4) is 0 Å². The van der Waals surface area contributed by atoms with Crippen molar-refractivity contribution in [1.29, 1.82) is 0 Å². The van der Waals surface area contributed by atoms with Gasteiger partial charge < -0.3 is 14.1 Å². The van der Waals surface area contributed by atoms with Crippen molar-refractivity contribution >= 4 is 28.1 Å². The van der Waals surface area contributed by atoms with Crippen LogP contribution >= 0.6 is 11.3 Å². The Morgan fingerprint density at radius 2 is 2.08 bits per heavy atom. The molecule has 0 aliphatic heterocycles. The van der Waals surface area contributed by atoms with Crippen LogP contribution in [0.25, 0.3) is 11.0 Å². The summed E-state index contributed by atoms with van der Waals surface area (Å²) in [7, 11) is 0. The maximum atomic E-state index is 12.6. The standard InChI is InChI=1S/C19H21NO3S/c1-3-20(4-2)9-10-22-14-7-8-17-15(12-14)16(13-23-17)19(21)18-6-5-11-24-18/h5-8,11-13H,3-4,9-10H2,1-2H3. The van der Waals surface area contributed by atoms with Crippen molar-refractivity contribution in [2.75, 3.05) is 26.2 Å². The van der Waals surface area contributed by atoms with Crippen molar-refractivity contribution in [2.45, 2.75) is 13.8 Å². The van der Waals surface area contributed by atoms with Gasteiger partial charge in [0.2, 0.25) is 5.78 Å². The van der Waals surface area contributed by atoms with E-state index in [1.807, 2.05) is 35.7 Å². The highest BCUT2D eigenvalue weighted by atomic mass is 32.1. The zero-order valence-corrected chi connectivity index (χ0v) is 14.8. The van der Waals surface area contributed by atoms with Gasteiger partial charge in [0, 0.05) is 11.9 Å². The summed E-state index contributed by atoms with van der Waals surface area (Å²) in [6, 6.07) is 9.33. The van der Waals surface area contributed by atoms with Gasteiger partial charge >= 0.3 is 0 Å². The molecule has 0 bridgehead atoms. The Balaban J connectivity index is 1.77. The third-order valence-electron chi connectivity index (χ3n) is 4.11. The third kappa shape index (κ3) is 3.52. The topological polar surface area (TPSA) is 42.7 Å². The van der Waals surface area contributed by atoms with Gasteiger partial charge in [0.1, 0.15) is 24.2 Å². The Labute approximate surface area is 145 Å². The average Bonchev–Trinajstić information content (AvgIpc) is 3.27. The molecule has 3 rings (SSSR count). The quantitative estimate of drug-likeness (QED) is 0.567. The number of ketones is 1. The number of hydrogen-bond donors (Lipinski definition) is 0. The van der Waals surface area contributed by atoms with E-state index in [9.17, 15) is 4.79 Å². The van der Waals surface area contributed by atoms with Crippen LogP contribution in [0.15, 0.2) is 46.4 Å². The molecule has 1 aromatic carbocycles. The SMILES string of the molecule is CCN(CC)CCOc1ccc2occ(C(=O)c3cccs3)c2c1. The Morgan fingerprint density at radius 1 is 1.25 bits per heavy atom. The molecule has 4 nitrogen and oxygen atoms in total. The highest BCUT2D eigenvalue weighted by molar-refractivity contribution is 7.12. The van der Waals surface area contributed by atoms with E-state index < -0.39 is 0 Å². The first kappa shape index (κ1) is 16.7. The van der Waals surface area contributed by atoms with Gasteiger partial charge in [-0.2, -0.15) is 0 Å². The zero-order valence-electron chi connectivity index (χ0n) is 14.0. The first-order valence-corrected chi connectivity index (χ1v) is 9.05. The second-order valence-electron chi connectivity index (χ2n) is 5.49. The minimum atomic E-state index is -0.0101. The molecule has 2 heterocycles. The molecule has 0 saturated heterocycles. The summed E-state index contributed by atoms with van der Waals surface area (Å²) in [5.41, 5.74) is 1.28. The number of likely N-dealkylation sites (N-methyl/N-ethyl adjacent to an activating group) is 1. The highest BCUT2D eigenvalue weighted by Gasteiger charge is 2.17. The molecule has 0 N–H and O–H groups in total. The number of benzene rings is 1. The molecule has 0 amide bonds. The van der Waals surface area contributed by atoms with E-state index in [1.54, 1.807) is 0 Å². The predicted molar refractivity (Wildman–Crippen MR) is 97.2 cm³/mol. The van der Waals surface area contributed by atoms with Gasteiger partial charge in [-0.05, 0) is 42.7 Å². The monoisotopic (exact) mass is 343 g/mol. The molecule has 3 aromatic rings. The molecule has 5 heteroatoms. The molecule has 0 aliphatic carbocycles. The van der Waals surface area contributed by atoms with Crippen molar-refractivity contribution < 1.29 is 13.9 Å². The van der Waals surface area contributed by atoms with Crippen LogP contribution in [0, 0.1) is 0 Å². The summed E-state index contributed by atoms with van der Waals surface area (Å²) in [5.74, 6) is 0.750. The summed E-state index contributed by atoms with van der Waals surface area (Å²) in [6.45, 7) is 7.82. The van der Waals surface area contributed by atoms with Crippen LogP contribution in [0.2, 0.25) is 0 Å². The zero-order chi connectivity index (χ0) is 16.9. The van der Waals surface area contributed by atoms with Gasteiger partial charge in [0.15, 0.2) is 0 Å². The normalized spacial score (nSPS) is 11.3. The molecule has 0 unspecified atom stereocenters. The number of ether oxygens (including phenoxy) is 1. The van der Waals surface area contributed by atoms with E-state index in [0.29, 0.717) is 22.6 Å². The minimum Gasteiger partial charge on any atom is -0.492 e. The lowest BCUT2D eigenvalue weighted by Crippen LogP contribution is -2.27. The lowest BCUT2D eigenvalue weighted by Gasteiger charge is -2.17. The Kier molecular flexibility index (Phi) is 5.33. The summed E-state index contributed by atoms with van der Waals surface area (Å²) >= 11 is 1.44. The van der Waals surface area contributed by atoms with Crippen molar-refractivity contribution in [2.24, 2.45) is 0 Å². The van der Waals surface area contributed by atoms with Crippen LogP contribution in [-0.4, -0.2) is 36.9 Å². The second kappa shape index (κ2) is 7.64. The molecule has 0 saturated carbocycles. The van der Waals surface area contributed by atoms with Gasteiger partial charge in [-0.25, -0.2) is 0 Å². The third-order valence-corrected chi connectivity index (χ3v) is 4.97. The van der Waals surface area contributed by atoms with E-state index in [4.69, 9.17) is 9.15 Å².